The quantitative estimate of drug-likeness (QED) is 0.899. The molecular weight excluding hydrogens is 296 g/mol. The Balaban J connectivity index is 1.98. The molecule has 0 aliphatic carbocycles. The van der Waals surface area contributed by atoms with Crippen LogP contribution in [0.25, 0.3) is 0 Å². The van der Waals surface area contributed by atoms with Crippen molar-refractivity contribution in [2.75, 3.05) is 25.1 Å². The van der Waals surface area contributed by atoms with Crippen LogP contribution in [0.2, 0.25) is 0 Å². The lowest BCUT2D eigenvalue weighted by Gasteiger charge is -2.32. The number of halogens is 1. The van der Waals surface area contributed by atoms with Gasteiger partial charge in [-0.05, 0) is 34.1 Å². The molecule has 0 bridgehead atoms. The first kappa shape index (κ1) is 13.3. The summed E-state index contributed by atoms with van der Waals surface area (Å²) in [6.45, 7) is 1.71. The molecule has 1 aromatic carbocycles. The normalized spacial score (nSPS) is 18.1. The lowest BCUT2D eigenvalue weighted by atomic mass is 9.94. The zero-order valence-electron chi connectivity index (χ0n) is 9.95. The van der Waals surface area contributed by atoms with Gasteiger partial charge in [0.25, 0.3) is 0 Å². The number of rotatable bonds is 3. The van der Waals surface area contributed by atoms with Gasteiger partial charge in [-0.2, -0.15) is 5.26 Å². The Morgan fingerprint density at radius 2 is 2.17 bits per heavy atom. The van der Waals surface area contributed by atoms with Crippen molar-refractivity contribution in [1.82, 2.24) is 0 Å². The summed E-state index contributed by atoms with van der Waals surface area (Å²) in [5.41, 5.74) is 0.796. The molecule has 2 rings (SSSR count). The molecular formula is C13H15BrN2O2. The van der Waals surface area contributed by atoms with Crippen molar-refractivity contribution < 1.29 is 9.84 Å². The molecule has 2 N–H and O–H groups in total. The lowest BCUT2D eigenvalue weighted by molar-refractivity contribution is -0.0543. The summed E-state index contributed by atoms with van der Waals surface area (Å²) in [6, 6.07) is 7.53. The Labute approximate surface area is 115 Å². The first-order valence-electron chi connectivity index (χ1n) is 5.87. The molecule has 0 atom stereocenters. The fourth-order valence-corrected chi connectivity index (χ4v) is 2.38. The summed E-state index contributed by atoms with van der Waals surface area (Å²) >= 11 is 3.34. The topological polar surface area (TPSA) is 65.3 Å². The average Bonchev–Trinajstić information content (AvgIpc) is 2.38. The molecule has 0 spiro atoms. The molecule has 0 unspecified atom stereocenters. The van der Waals surface area contributed by atoms with Crippen LogP contribution in [0.1, 0.15) is 18.4 Å². The minimum Gasteiger partial charge on any atom is -0.388 e. The molecule has 1 fully saturated rings. The summed E-state index contributed by atoms with van der Waals surface area (Å²) in [6.07, 6.45) is 1.30. The Kier molecular flexibility index (Phi) is 4.23. The molecule has 4 nitrogen and oxygen atoms in total. The number of benzene rings is 1. The predicted octanol–water partition coefficient (Wildman–Crippen LogP) is 2.27. The molecule has 1 aromatic rings. The second-order valence-electron chi connectivity index (χ2n) is 4.50. The molecule has 0 aromatic heterocycles. The van der Waals surface area contributed by atoms with Crippen molar-refractivity contribution in [3.8, 4) is 6.07 Å². The van der Waals surface area contributed by atoms with E-state index in [1.807, 2.05) is 12.1 Å². The third-order valence-electron chi connectivity index (χ3n) is 3.13. The van der Waals surface area contributed by atoms with Crippen molar-refractivity contribution >= 4 is 21.6 Å². The van der Waals surface area contributed by atoms with Crippen LogP contribution >= 0.6 is 15.9 Å². The van der Waals surface area contributed by atoms with Gasteiger partial charge in [0.05, 0.1) is 11.2 Å². The van der Waals surface area contributed by atoms with Crippen LogP contribution in [-0.4, -0.2) is 30.5 Å². The van der Waals surface area contributed by atoms with Crippen molar-refractivity contribution in [1.29, 1.82) is 5.26 Å². The Bertz CT molecular complexity index is 465. The molecule has 18 heavy (non-hydrogen) atoms. The van der Waals surface area contributed by atoms with Crippen molar-refractivity contribution in [2.24, 2.45) is 0 Å². The summed E-state index contributed by atoms with van der Waals surface area (Å²) < 4.78 is 5.99. The standard InChI is InChI=1S/C13H15BrN2O2/c14-12-7-11(2-1-10(12)8-15)16-9-13(17)3-5-18-6-4-13/h1-2,7,16-17H,3-6,9H2. The van der Waals surface area contributed by atoms with E-state index in [0.29, 0.717) is 38.2 Å². The largest absolute Gasteiger partial charge is 0.388 e. The molecule has 1 heterocycles. The second kappa shape index (κ2) is 5.70. The van der Waals surface area contributed by atoms with E-state index in [4.69, 9.17) is 10.00 Å². The van der Waals surface area contributed by atoms with E-state index in [-0.39, 0.29) is 0 Å². The zero-order chi connectivity index (χ0) is 13.0. The highest BCUT2D eigenvalue weighted by molar-refractivity contribution is 9.10. The van der Waals surface area contributed by atoms with Crippen molar-refractivity contribution in [3.05, 3.63) is 28.2 Å². The Morgan fingerprint density at radius 3 is 2.78 bits per heavy atom. The van der Waals surface area contributed by atoms with Gasteiger partial charge in [-0.25, -0.2) is 0 Å². The van der Waals surface area contributed by atoms with E-state index in [2.05, 4.69) is 27.3 Å². The van der Waals surface area contributed by atoms with Gasteiger partial charge in [-0.3, -0.25) is 0 Å². The van der Waals surface area contributed by atoms with Crippen LogP contribution in [-0.2, 0) is 4.74 Å². The van der Waals surface area contributed by atoms with Gasteiger partial charge in [0.2, 0.25) is 0 Å². The molecule has 5 heteroatoms. The van der Waals surface area contributed by atoms with Crippen LogP contribution in [0.5, 0.6) is 0 Å². The highest BCUT2D eigenvalue weighted by atomic mass is 79.9. The Hall–Kier alpha value is -1.09. The smallest absolute Gasteiger partial charge is 0.100 e. The van der Waals surface area contributed by atoms with Crippen LogP contribution in [0, 0.1) is 11.3 Å². The van der Waals surface area contributed by atoms with E-state index in [1.54, 1.807) is 6.07 Å². The van der Waals surface area contributed by atoms with Gasteiger partial charge in [-0.1, -0.05) is 0 Å². The van der Waals surface area contributed by atoms with Gasteiger partial charge >= 0.3 is 0 Å². The number of nitriles is 1. The minimum absolute atomic E-state index is 0.495. The number of ether oxygens (including phenoxy) is 1. The highest BCUT2D eigenvalue weighted by Gasteiger charge is 2.29. The van der Waals surface area contributed by atoms with E-state index in [9.17, 15) is 5.11 Å². The number of anilines is 1. The van der Waals surface area contributed by atoms with Crippen LogP contribution in [0.3, 0.4) is 0 Å². The zero-order valence-corrected chi connectivity index (χ0v) is 11.5. The Morgan fingerprint density at radius 1 is 1.44 bits per heavy atom. The number of hydrogen-bond acceptors (Lipinski definition) is 4. The molecule has 0 radical (unpaired) electrons. The molecule has 1 aliphatic heterocycles. The summed E-state index contributed by atoms with van der Waals surface area (Å²) in [5, 5.41) is 22.3. The number of nitrogens with zero attached hydrogens (tertiary/aromatic N) is 1. The number of nitrogens with one attached hydrogen (secondary N) is 1. The molecule has 1 aliphatic rings. The average molecular weight is 311 g/mol. The van der Waals surface area contributed by atoms with E-state index >= 15 is 0 Å². The fraction of sp³-hybridized carbons (Fsp3) is 0.462. The van der Waals surface area contributed by atoms with Crippen LogP contribution in [0.15, 0.2) is 22.7 Å². The molecule has 0 saturated carbocycles. The summed E-state index contributed by atoms with van der Waals surface area (Å²) in [5.74, 6) is 0. The van der Waals surface area contributed by atoms with Crippen LogP contribution in [0.4, 0.5) is 5.69 Å². The van der Waals surface area contributed by atoms with Crippen molar-refractivity contribution in [3.63, 3.8) is 0 Å². The molecule has 1 saturated heterocycles. The van der Waals surface area contributed by atoms with Crippen LogP contribution < -0.4 is 5.32 Å². The van der Waals surface area contributed by atoms with Gasteiger partial charge in [-0.15, -0.1) is 0 Å². The van der Waals surface area contributed by atoms with Gasteiger partial charge in [0, 0.05) is 42.8 Å². The first-order valence-corrected chi connectivity index (χ1v) is 6.66. The first-order chi connectivity index (χ1) is 8.63. The van der Waals surface area contributed by atoms with Gasteiger partial charge in [0.15, 0.2) is 0 Å². The molecule has 96 valence electrons. The third-order valence-corrected chi connectivity index (χ3v) is 3.79. The lowest BCUT2D eigenvalue weighted by Crippen LogP contribution is -2.42. The van der Waals surface area contributed by atoms with E-state index in [1.165, 1.54) is 0 Å². The van der Waals surface area contributed by atoms with Crippen molar-refractivity contribution in [2.45, 2.75) is 18.4 Å². The predicted molar refractivity (Wildman–Crippen MR) is 72.3 cm³/mol. The number of hydrogen-bond donors (Lipinski definition) is 2. The van der Waals surface area contributed by atoms with E-state index < -0.39 is 5.60 Å². The second-order valence-corrected chi connectivity index (χ2v) is 5.35. The highest BCUT2D eigenvalue weighted by Crippen LogP contribution is 2.24. The van der Waals surface area contributed by atoms with Gasteiger partial charge in [0.1, 0.15) is 6.07 Å². The number of aliphatic hydroxyl groups is 1. The SMILES string of the molecule is N#Cc1ccc(NCC2(O)CCOCC2)cc1Br. The fourth-order valence-electron chi connectivity index (χ4n) is 1.91. The monoisotopic (exact) mass is 310 g/mol. The van der Waals surface area contributed by atoms with Gasteiger partial charge < -0.3 is 15.2 Å². The maximum Gasteiger partial charge on any atom is 0.100 e. The third kappa shape index (κ3) is 3.22. The maximum absolute atomic E-state index is 10.3. The molecule has 0 amide bonds. The minimum atomic E-state index is -0.696. The summed E-state index contributed by atoms with van der Waals surface area (Å²) in [4.78, 5) is 0. The maximum atomic E-state index is 10.3. The van der Waals surface area contributed by atoms with E-state index in [0.717, 1.165) is 10.2 Å². The summed E-state index contributed by atoms with van der Waals surface area (Å²) in [7, 11) is 0.